The van der Waals surface area contributed by atoms with Crippen molar-refractivity contribution >= 4 is 74.3 Å². The second kappa shape index (κ2) is 29.5. The van der Waals surface area contributed by atoms with E-state index < -0.39 is 6.03 Å². The van der Waals surface area contributed by atoms with Crippen LogP contribution in [0.4, 0.5) is 4.79 Å². The fourth-order valence-corrected chi connectivity index (χ4v) is 12.3. The Balaban J connectivity index is 0.000000128. The summed E-state index contributed by atoms with van der Waals surface area (Å²) in [4.78, 5) is 63.0. The molecule has 0 spiro atoms. The second-order valence-electron chi connectivity index (χ2n) is 22.0. The van der Waals surface area contributed by atoms with Crippen LogP contribution in [0, 0.1) is 5.92 Å². The number of ether oxygens (including phenoxy) is 3. The Morgan fingerprint density at radius 3 is 1.79 bits per heavy atom. The number of fused-ring (bicyclic) bond motifs is 5. The number of benzene rings is 8. The van der Waals surface area contributed by atoms with Gasteiger partial charge >= 0.3 is 6.03 Å². The van der Waals surface area contributed by atoms with Crippen molar-refractivity contribution in [3.63, 3.8) is 0 Å². The van der Waals surface area contributed by atoms with Crippen molar-refractivity contribution in [3.05, 3.63) is 245 Å². The molecule has 13 nitrogen and oxygen atoms in total. The van der Waals surface area contributed by atoms with Crippen molar-refractivity contribution in [2.45, 2.75) is 95.2 Å². The van der Waals surface area contributed by atoms with Crippen LogP contribution in [-0.4, -0.2) is 82.1 Å². The van der Waals surface area contributed by atoms with Gasteiger partial charge in [-0.15, -0.1) is 0 Å². The maximum Gasteiger partial charge on any atom is 0.322 e. The Kier molecular flexibility index (Phi) is 21.2. The highest BCUT2D eigenvalue weighted by atomic mass is 32.2. The van der Waals surface area contributed by atoms with E-state index in [9.17, 15) is 24.0 Å². The number of hydrogen-bond donors (Lipinski definition) is 3. The zero-order chi connectivity index (χ0) is 61.6. The molecule has 0 saturated carbocycles. The summed E-state index contributed by atoms with van der Waals surface area (Å²) in [5, 5.41) is 9.65. The molecule has 4 amide bonds. The number of imide groups is 1. The SMILES string of the molecule is CC1=NC(c2ccccc2)C(C(=O)c2ccccc2)N1C.CC1C(=O)c2ccccc2OC1c1ccccc1.CC1CCOc2ccc3ccccc3c21.CC1NC(=O)NC1=O.CC1SC(=S)NC1=O.CC1c2ccccc2OCC1c1ccccc1. The smallest absolute Gasteiger partial charge is 0.322 e. The minimum Gasteiger partial charge on any atom is -0.493 e. The van der Waals surface area contributed by atoms with Crippen molar-refractivity contribution in [1.29, 1.82) is 0 Å². The molecule has 0 aliphatic carbocycles. The summed E-state index contributed by atoms with van der Waals surface area (Å²) in [5.74, 6) is 5.20. The largest absolute Gasteiger partial charge is 0.493 e. The highest BCUT2D eigenvalue weighted by molar-refractivity contribution is 8.24. The lowest BCUT2D eigenvalue weighted by molar-refractivity contribution is -0.120. The minimum absolute atomic E-state index is 0.0162. The van der Waals surface area contributed by atoms with Crippen molar-refractivity contribution < 1.29 is 38.2 Å². The number of ketones is 2. The Bertz CT molecular complexity index is 3710. The zero-order valence-electron chi connectivity index (χ0n) is 49.9. The third kappa shape index (κ3) is 15.4. The van der Waals surface area contributed by atoms with E-state index in [0.717, 1.165) is 53.7 Å². The molecule has 6 aliphatic heterocycles. The van der Waals surface area contributed by atoms with E-state index in [1.807, 2.05) is 154 Å². The van der Waals surface area contributed by atoms with E-state index in [4.69, 9.17) is 26.4 Å². The molecule has 446 valence electrons. The predicted octanol–water partition coefficient (Wildman–Crippen LogP) is 14.4. The number of thiocarbonyl (C=S) groups is 1. The zero-order valence-corrected chi connectivity index (χ0v) is 51.6. The van der Waals surface area contributed by atoms with Crippen LogP contribution in [0.2, 0.25) is 0 Å². The molecule has 9 unspecified atom stereocenters. The molecule has 6 aliphatic rings. The van der Waals surface area contributed by atoms with Gasteiger partial charge in [0.05, 0.1) is 35.8 Å². The number of amides is 4. The molecule has 15 heteroatoms. The second-order valence-corrected chi connectivity index (χ2v) is 24.0. The number of carbonyl (C=O) groups is 5. The van der Waals surface area contributed by atoms with Crippen molar-refractivity contribution in [2.75, 3.05) is 20.3 Å². The van der Waals surface area contributed by atoms with Gasteiger partial charge in [0.2, 0.25) is 11.8 Å². The fraction of sp³-hybridized carbons (Fsp3) is 0.264. The summed E-state index contributed by atoms with van der Waals surface area (Å²) < 4.78 is 18.1. The van der Waals surface area contributed by atoms with Crippen LogP contribution in [0.5, 0.6) is 17.2 Å². The minimum atomic E-state index is -0.400. The highest BCUT2D eigenvalue weighted by Gasteiger charge is 2.39. The molecule has 0 radical (unpaired) electrons. The van der Waals surface area contributed by atoms with Crippen LogP contribution in [0.25, 0.3) is 10.8 Å². The number of amidine groups is 1. The standard InChI is InChI=1S/C18H18N2O.C16H14O2.C16H16O.C14H14O.C4H6N2O2.C4H5NOS2/c1-13-19-16(14-9-5-3-6-10-14)17(20(13)2)18(21)15-11-7-4-8-12-15;1-11-15(17)13-9-5-6-10-14(13)18-16(11)12-7-3-2-4-8-12;1-12-14-9-5-6-10-16(14)17-11-15(12)13-7-3-2-4-8-13;1-10-8-9-15-13-7-6-11-4-2-3-5-12(11)14(10)13;1-2-3(7)6-4(8)5-2;1-2-3(6)5-4(7)8-2/h3-12,16-17H,1-2H3;2-11,16H,1H3;2-10,12,15H,11H2,1H3;2-7,10H,8-9H2,1H3;2H,1H3,(H2,5,6,7,8);2H,1H3,(H,5,6,7). The number of likely N-dealkylation sites (N-methyl/N-ethyl adjacent to an activating group) is 1. The van der Waals surface area contributed by atoms with Crippen LogP contribution in [0.1, 0.15) is 126 Å². The molecule has 3 N–H and O–H groups in total. The third-order valence-electron chi connectivity index (χ3n) is 16.2. The summed E-state index contributed by atoms with van der Waals surface area (Å²) in [6.07, 6.45) is 0.940. The average molecular weight is 1200 g/mol. The van der Waals surface area contributed by atoms with Crippen LogP contribution in [-0.2, 0) is 9.59 Å². The van der Waals surface area contributed by atoms with E-state index in [1.165, 1.54) is 39.2 Å². The van der Waals surface area contributed by atoms with Gasteiger partial charge in [-0.1, -0.05) is 227 Å². The molecule has 2 fully saturated rings. The van der Waals surface area contributed by atoms with E-state index in [1.54, 1.807) is 6.92 Å². The molecule has 0 aromatic heterocycles. The first-order chi connectivity index (χ1) is 42.1. The van der Waals surface area contributed by atoms with Crippen LogP contribution < -0.4 is 30.2 Å². The first-order valence-electron chi connectivity index (χ1n) is 29.4. The third-order valence-corrected chi connectivity index (χ3v) is 17.4. The lowest BCUT2D eigenvalue weighted by atomic mass is 9.81. The van der Waals surface area contributed by atoms with E-state index >= 15 is 0 Å². The number of rotatable bonds is 5. The number of nitrogens with zero attached hydrogens (tertiary/aromatic N) is 2. The highest BCUT2D eigenvalue weighted by Crippen LogP contribution is 2.43. The molecule has 8 aromatic carbocycles. The fourth-order valence-electron chi connectivity index (χ4n) is 11.1. The molecule has 2 saturated heterocycles. The average Bonchev–Trinajstić information content (AvgIpc) is 2.05. The topological polar surface area (TPSA) is 165 Å². The lowest BCUT2D eigenvalue weighted by Crippen LogP contribution is -2.39. The van der Waals surface area contributed by atoms with Gasteiger partial charge < -0.3 is 29.7 Å². The van der Waals surface area contributed by atoms with Gasteiger partial charge in [-0.2, -0.15) is 0 Å². The first kappa shape index (κ1) is 62.6. The molecule has 6 heterocycles. The molecule has 0 bridgehead atoms. The van der Waals surface area contributed by atoms with Crippen LogP contribution in [0.3, 0.4) is 0 Å². The number of para-hydroxylation sites is 2. The Hall–Kier alpha value is -8.92. The quantitative estimate of drug-likeness (QED) is 0.0853. The summed E-state index contributed by atoms with van der Waals surface area (Å²) in [5.41, 5.74) is 7.64. The molecule has 8 aromatic rings. The number of hydrogen-bond acceptors (Lipinski definition) is 12. The van der Waals surface area contributed by atoms with Crippen LogP contribution in [0.15, 0.2) is 211 Å². The summed E-state index contributed by atoms with van der Waals surface area (Å²) in [7, 11) is 1.94. The Labute approximate surface area is 519 Å². The van der Waals surface area contributed by atoms with Gasteiger partial charge in [-0.3, -0.25) is 29.5 Å². The molecular weight excluding hydrogens is 1130 g/mol. The summed E-state index contributed by atoms with van der Waals surface area (Å²) in [6.45, 7) is 13.5. The van der Waals surface area contributed by atoms with Gasteiger partial charge in [0.15, 0.2) is 11.6 Å². The number of nitrogens with one attached hydrogen (secondary N) is 3. The Morgan fingerprint density at radius 1 is 0.609 bits per heavy atom. The predicted molar refractivity (Wildman–Crippen MR) is 350 cm³/mol. The van der Waals surface area contributed by atoms with Gasteiger partial charge in [0.1, 0.15) is 45.8 Å². The van der Waals surface area contributed by atoms with E-state index in [-0.39, 0.29) is 58.8 Å². The molecule has 9 atom stereocenters. The van der Waals surface area contributed by atoms with Crippen molar-refractivity contribution in [1.82, 2.24) is 20.9 Å². The number of aliphatic imine (C=N–C) groups is 1. The summed E-state index contributed by atoms with van der Waals surface area (Å²) in [6, 6.07) is 67.5. The lowest BCUT2D eigenvalue weighted by Gasteiger charge is -2.31. The molecule has 87 heavy (non-hydrogen) atoms. The first-order valence-corrected chi connectivity index (χ1v) is 30.7. The van der Waals surface area contributed by atoms with Crippen LogP contribution >= 0.6 is 24.0 Å². The van der Waals surface area contributed by atoms with Gasteiger partial charge in [0.25, 0.3) is 0 Å². The maximum absolute atomic E-state index is 12.9. The number of Topliss-reactive ketones (excluding diaryl/α,β-unsaturated/α-hetero) is 2. The van der Waals surface area contributed by atoms with Gasteiger partial charge in [-0.25, -0.2) is 4.79 Å². The number of thioether (sulfide) groups is 1. The Morgan fingerprint density at radius 2 is 1.20 bits per heavy atom. The van der Waals surface area contributed by atoms with Crippen molar-refractivity contribution in [3.8, 4) is 17.2 Å². The monoisotopic (exact) mass is 1200 g/mol. The van der Waals surface area contributed by atoms with Gasteiger partial charge in [-0.05, 0) is 96.3 Å². The number of urea groups is 1. The normalized spacial score (nSPS) is 22.7. The molecule has 14 rings (SSSR count). The van der Waals surface area contributed by atoms with Crippen molar-refractivity contribution in [2.24, 2.45) is 10.9 Å². The van der Waals surface area contributed by atoms with Gasteiger partial charge in [0, 0.05) is 24.1 Å². The summed E-state index contributed by atoms with van der Waals surface area (Å²) >= 11 is 6.10. The molecular formula is C72H73N5O8S2. The van der Waals surface area contributed by atoms with E-state index in [0.29, 0.717) is 33.4 Å². The maximum atomic E-state index is 12.9. The number of carbonyl (C=O) groups excluding carboxylic acids is 5. The van der Waals surface area contributed by atoms with E-state index in [2.05, 4.69) is 120 Å².